The Morgan fingerprint density at radius 1 is 1.04 bits per heavy atom. The van der Waals surface area contributed by atoms with Crippen LogP contribution in [0.1, 0.15) is 90.9 Å². The predicted octanol–water partition coefficient (Wildman–Crippen LogP) is 7.68. The van der Waals surface area contributed by atoms with Gasteiger partial charge in [0.15, 0.2) is 0 Å². The van der Waals surface area contributed by atoms with Crippen LogP contribution in [0.5, 0.6) is 0 Å². The van der Waals surface area contributed by atoms with E-state index in [9.17, 15) is 4.79 Å². The SMILES string of the molecule is CCCCCCCCC(=O)CC(C)C1CCCCC1Sc1ccccc1. The fourth-order valence-electron chi connectivity index (χ4n) is 4.31. The molecule has 0 aromatic heterocycles. The standard InChI is InChI=1S/C24H38OS/c1-3-4-5-6-7-9-14-21(25)19-20(2)23-17-12-13-18-24(23)26-22-15-10-8-11-16-22/h8,10-11,15-16,20,23-24H,3-7,9,12-14,17-19H2,1-2H3. The van der Waals surface area contributed by atoms with Gasteiger partial charge < -0.3 is 0 Å². The highest BCUT2D eigenvalue weighted by Gasteiger charge is 2.31. The second-order valence-corrected chi connectivity index (χ2v) is 9.47. The van der Waals surface area contributed by atoms with Crippen molar-refractivity contribution in [2.75, 3.05) is 0 Å². The smallest absolute Gasteiger partial charge is 0.133 e. The Kier molecular flexibility index (Phi) is 10.4. The Morgan fingerprint density at radius 2 is 1.73 bits per heavy atom. The van der Waals surface area contributed by atoms with Crippen molar-refractivity contribution in [1.29, 1.82) is 0 Å². The Labute approximate surface area is 165 Å². The second-order valence-electron chi connectivity index (χ2n) is 8.16. The van der Waals surface area contributed by atoms with Crippen molar-refractivity contribution in [3.05, 3.63) is 30.3 Å². The van der Waals surface area contributed by atoms with E-state index in [1.165, 1.54) is 62.7 Å². The zero-order valence-corrected chi connectivity index (χ0v) is 17.7. The molecule has 2 heteroatoms. The molecule has 0 radical (unpaired) electrons. The van der Waals surface area contributed by atoms with E-state index in [0.717, 1.165) is 19.3 Å². The van der Waals surface area contributed by atoms with Gasteiger partial charge >= 0.3 is 0 Å². The first-order valence-corrected chi connectivity index (χ1v) is 11.8. The summed E-state index contributed by atoms with van der Waals surface area (Å²) in [4.78, 5) is 13.8. The number of ketones is 1. The Balaban J connectivity index is 1.74. The second kappa shape index (κ2) is 12.6. The topological polar surface area (TPSA) is 17.1 Å². The molecule has 0 amide bonds. The molecule has 146 valence electrons. The Morgan fingerprint density at radius 3 is 2.50 bits per heavy atom. The van der Waals surface area contributed by atoms with Gasteiger partial charge in [0, 0.05) is 23.0 Å². The molecule has 1 aliphatic rings. The van der Waals surface area contributed by atoms with E-state index in [4.69, 9.17) is 0 Å². The van der Waals surface area contributed by atoms with Crippen LogP contribution in [0, 0.1) is 11.8 Å². The van der Waals surface area contributed by atoms with Crippen molar-refractivity contribution < 1.29 is 4.79 Å². The van der Waals surface area contributed by atoms with Gasteiger partial charge in [0.2, 0.25) is 0 Å². The van der Waals surface area contributed by atoms with Gasteiger partial charge in [-0.2, -0.15) is 0 Å². The first-order valence-electron chi connectivity index (χ1n) is 10.9. The molecule has 1 saturated carbocycles. The molecule has 26 heavy (non-hydrogen) atoms. The lowest BCUT2D eigenvalue weighted by molar-refractivity contribution is -0.120. The molecule has 0 N–H and O–H groups in total. The van der Waals surface area contributed by atoms with Gasteiger partial charge in [-0.05, 0) is 43.2 Å². The molecular formula is C24H38OS. The van der Waals surface area contributed by atoms with Crippen LogP contribution in [0.3, 0.4) is 0 Å². The monoisotopic (exact) mass is 374 g/mol. The maximum absolute atomic E-state index is 12.4. The van der Waals surface area contributed by atoms with Gasteiger partial charge in [-0.3, -0.25) is 4.79 Å². The number of Topliss-reactive ketones (excluding diaryl/α,β-unsaturated/α-hetero) is 1. The van der Waals surface area contributed by atoms with Gasteiger partial charge in [-0.25, -0.2) is 0 Å². The number of rotatable bonds is 12. The van der Waals surface area contributed by atoms with Crippen LogP contribution in [0.25, 0.3) is 0 Å². The number of benzene rings is 1. The first-order chi connectivity index (χ1) is 12.7. The third kappa shape index (κ3) is 7.86. The maximum atomic E-state index is 12.4. The largest absolute Gasteiger partial charge is 0.300 e. The highest BCUT2D eigenvalue weighted by molar-refractivity contribution is 8.00. The Hall–Kier alpha value is -0.760. The van der Waals surface area contributed by atoms with E-state index in [0.29, 0.717) is 22.9 Å². The first kappa shape index (κ1) is 21.5. The van der Waals surface area contributed by atoms with Crippen molar-refractivity contribution >= 4 is 17.5 Å². The van der Waals surface area contributed by atoms with E-state index in [1.807, 2.05) is 11.8 Å². The van der Waals surface area contributed by atoms with Gasteiger partial charge in [-0.1, -0.05) is 77.0 Å². The summed E-state index contributed by atoms with van der Waals surface area (Å²) in [6.07, 6.45) is 14.5. The fourth-order valence-corrected chi connectivity index (χ4v) is 5.84. The van der Waals surface area contributed by atoms with E-state index in [1.54, 1.807) is 0 Å². The summed E-state index contributed by atoms with van der Waals surface area (Å²) in [5, 5.41) is 0.683. The predicted molar refractivity (Wildman–Crippen MR) is 115 cm³/mol. The van der Waals surface area contributed by atoms with Crippen LogP contribution < -0.4 is 0 Å². The van der Waals surface area contributed by atoms with E-state index < -0.39 is 0 Å². The lowest BCUT2D eigenvalue weighted by atomic mass is 9.78. The summed E-state index contributed by atoms with van der Waals surface area (Å²) in [6.45, 7) is 4.58. The molecule has 0 aliphatic heterocycles. The lowest BCUT2D eigenvalue weighted by Gasteiger charge is -2.35. The zero-order chi connectivity index (χ0) is 18.6. The number of hydrogen-bond donors (Lipinski definition) is 0. The summed E-state index contributed by atoms with van der Waals surface area (Å²) >= 11 is 2.05. The summed E-state index contributed by atoms with van der Waals surface area (Å²) in [7, 11) is 0. The molecule has 2 rings (SSSR count). The van der Waals surface area contributed by atoms with Crippen LogP contribution in [-0.4, -0.2) is 11.0 Å². The third-order valence-electron chi connectivity index (χ3n) is 5.87. The summed E-state index contributed by atoms with van der Waals surface area (Å²) in [5.74, 6) is 1.73. The zero-order valence-electron chi connectivity index (χ0n) is 16.9. The van der Waals surface area contributed by atoms with Gasteiger partial charge in [-0.15, -0.1) is 11.8 Å². The van der Waals surface area contributed by atoms with Crippen LogP contribution >= 0.6 is 11.8 Å². The van der Waals surface area contributed by atoms with Crippen LogP contribution in [0.2, 0.25) is 0 Å². The van der Waals surface area contributed by atoms with Gasteiger partial charge in [0.1, 0.15) is 5.78 Å². The quantitative estimate of drug-likeness (QED) is 0.349. The van der Waals surface area contributed by atoms with Crippen molar-refractivity contribution in [2.45, 2.75) is 101 Å². The average molecular weight is 375 g/mol. The number of thioether (sulfide) groups is 1. The normalized spacial score (nSPS) is 21.5. The number of carbonyl (C=O) groups excluding carboxylic acids is 1. The number of hydrogen-bond acceptors (Lipinski definition) is 2. The molecule has 1 nitrogen and oxygen atoms in total. The van der Waals surface area contributed by atoms with Crippen LogP contribution in [0.4, 0.5) is 0 Å². The minimum atomic E-state index is 0.502. The molecule has 1 aliphatic carbocycles. The van der Waals surface area contributed by atoms with Gasteiger partial charge in [0.25, 0.3) is 0 Å². The van der Waals surface area contributed by atoms with Gasteiger partial charge in [0.05, 0.1) is 0 Å². The maximum Gasteiger partial charge on any atom is 0.133 e. The fraction of sp³-hybridized carbons (Fsp3) is 0.708. The van der Waals surface area contributed by atoms with Crippen molar-refractivity contribution in [2.24, 2.45) is 11.8 Å². The highest BCUT2D eigenvalue weighted by Crippen LogP contribution is 2.41. The molecule has 1 aromatic carbocycles. The Bertz CT molecular complexity index is 498. The molecular weight excluding hydrogens is 336 g/mol. The highest BCUT2D eigenvalue weighted by atomic mass is 32.2. The molecule has 0 saturated heterocycles. The van der Waals surface area contributed by atoms with Crippen LogP contribution in [-0.2, 0) is 4.79 Å². The minimum absolute atomic E-state index is 0.502. The molecule has 3 atom stereocenters. The summed E-state index contributed by atoms with van der Waals surface area (Å²) in [5.41, 5.74) is 0. The van der Waals surface area contributed by atoms with Crippen molar-refractivity contribution in [3.8, 4) is 0 Å². The summed E-state index contributed by atoms with van der Waals surface area (Å²) in [6, 6.07) is 10.8. The van der Waals surface area contributed by atoms with Crippen LogP contribution in [0.15, 0.2) is 35.2 Å². The lowest BCUT2D eigenvalue weighted by Crippen LogP contribution is -2.29. The third-order valence-corrected chi connectivity index (χ3v) is 7.31. The number of unbranched alkanes of at least 4 members (excludes halogenated alkanes) is 5. The molecule has 0 spiro atoms. The van der Waals surface area contributed by atoms with Crippen molar-refractivity contribution in [3.63, 3.8) is 0 Å². The molecule has 1 fully saturated rings. The number of carbonyl (C=O) groups is 1. The average Bonchev–Trinajstić information content (AvgIpc) is 2.66. The molecule has 0 heterocycles. The van der Waals surface area contributed by atoms with E-state index >= 15 is 0 Å². The van der Waals surface area contributed by atoms with E-state index in [2.05, 4.69) is 44.2 Å². The minimum Gasteiger partial charge on any atom is -0.300 e. The summed E-state index contributed by atoms with van der Waals surface area (Å²) < 4.78 is 0. The molecule has 3 unspecified atom stereocenters. The van der Waals surface area contributed by atoms with Crippen molar-refractivity contribution in [1.82, 2.24) is 0 Å². The van der Waals surface area contributed by atoms with E-state index in [-0.39, 0.29) is 0 Å². The molecule has 1 aromatic rings. The molecule has 0 bridgehead atoms.